The highest BCUT2D eigenvalue weighted by molar-refractivity contribution is 8.01. The number of hydrogen-bond acceptors (Lipinski definition) is 8. The number of carbonyl (C=O) groups excluding carboxylic acids is 2. The van der Waals surface area contributed by atoms with Gasteiger partial charge in [-0.05, 0) is 24.6 Å². The largest absolute Gasteiger partial charge is 0.465 e. The Hall–Kier alpha value is -1.39. The van der Waals surface area contributed by atoms with Crippen molar-refractivity contribution in [3.63, 3.8) is 0 Å². The number of fused-ring (bicyclic) bond motifs is 2. The molecule has 2 aromatic rings. The van der Waals surface area contributed by atoms with Gasteiger partial charge in [-0.15, -0.1) is 22.7 Å². The second-order valence-corrected chi connectivity index (χ2v) is 9.85. The van der Waals surface area contributed by atoms with Crippen LogP contribution in [-0.2, 0) is 9.53 Å². The van der Waals surface area contributed by atoms with Crippen LogP contribution in [-0.4, -0.2) is 68.6 Å². The summed E-state index contributed by atoms with van der Waals surface area (Å²) in [5, 5.41) is 2.96. The number of anilines is 2. The first kappa shape index (κ1) is 18.9. The second kappa shape index (κ2) is 7.92. The molecule has 9 heteroatoms. The normalized spacial score (nSPS) is 17.5. The van der Waals surface area contributed by atoms with Gasteiger partial charge in [-0.3, -0.25) is 9.69 Å². The van der Waals surface area contributed by atoms with Crippen LogP contribution in [0.4, 0.5) is 10.7 Å². The molecule has 6 nitrogen and oxygen atoms in total. The first-order chi connectivity index (χ1) is 13.1. The molecule has 0 N–H and O–H groups in total. The fourth-order valence-corrected chi connectivity index (χ4v) is 6.66. The highest BCUT2D eigenvalue weighted by Crippen LogP contribution is 2.54. The Bertz CT molecular complexity index is 855. The molecule has 0 radical (unpaired) electrons. The number of amides is 1. The first-order valence-corrected chi connectivity index (χ1v) is 11.3. The second-order valence-electron chi connectivity index (χ2n) is 6.59. The van der Waals surface area contributed by atoms with E-state index in [1.165, 1.54) is 18.4 Å². The van der Waals surface area contributed by atoms with Crippen LogP contribution in [0.15, 0.2) is 26.6 Å². The third-order valence-electron chi connectivity index (χ3n) is 4.81. The van der Waals surface area contributed by atoms with E-state index in [4.69, 9.17) is 4.74 Å². The van der Waals surface area contributed by atoms with E-state index < -0.39 is 0 Å². The van der Waals surface area contributed by atoms with Crippen LogP contribution in [0.5, 0.6) is 0 Å². The molecular formula is C18H21N3O3S3. The summed E-state index contributed by atoms with van der Waals surface area (Å²) in [6.07, 6.45) is 0.467. The van der Waals surface area contributed by atoms with Gasteiger partial charge in [-0.25, -0.2) is 4.79 Å². The third kappa shape index (κ3) is 3.79. The van der Waals surface area contributed by atoms with Crippen LogP contribution in [0.3, 0.4) is 0 Å². The van der Waals surface area contributed by atoms with E-state index in [1.807, 2.05) is 11.4 Å². The zero-order chi connectivity index (χ0) is 19.0. The highest BCUT2D eigenvalue weighted by atomic mass is 32.2. The smallest absolute Gasteiger partial charge is 0.348 e. The summed E-state index contributed by atoms with van der Waals surface area (Å²) in [5.41, 5.74) is 0.809. The van der Waals surface area contributed by atoms with E-state index in [-0.39, 0.29) is 11.9 Å². The number of piperazine rings is 1. The number of nitrogens with zero attached hydrogens (tertiary/aromatic N) is 3. The van der Waals surface area contributed by atoms with Crippen molar-refractivity contribution in [2.45, 2.75) is 15.5 Å². The predicted molar refractivity (Wildman–Crippen MR) is 110 cm³/mol. The Kier molecular flexibility index (Phi) is 5.56. The summed E-state index contributed by atoms with van der Waals surface area (Å²) in [5.74, 6) is -0.281. The van der Waals surface area contributed by atoms with E-state index in [9.17, 15) is 9.59 Å². The molecule has 4 heterocycles. The zero-order valence-corrected chi connectivity index (χ0v) is 17.7. The topological polar surface area (TPSA) is 53.1 Å². The number of hydrogen-bond donors (Lipinski definition) is 0. The fourth-order valence-electron chi connectivity index (χ4n) is 3.22. The monoisotopic (exact) mass is 423 g/mol. The van der Waals surface area contributed by atoms with Gasteiger partial charge in [-0.1, -0.05) is 11.8 Å². The van der Waals surface area contributed by atoms with Crippen LogP contribution in [0, 0.1) is 0 Å². The molecule has 0 spiro atoms. The number of esters is 1. The SMILES string of the molecule is COC(=O)c1cc2c(s1)Sc1ccsc1N2C(=O)CCN1CCN(C)CC1. The van der Waals surface area contributed by atoms with Crippen molar-refractivity contribution >= 4 is 57.0 Å². The number of likely N-dealkylation sites (N-methyl/N-ethyl adjacent to an activating group) is 1. The molecule has 4 rings (SSSR count). The van der Waals surface area contributed by atoms with Crippen molar-refractivity contribution in [2.75, 3.05) is 51.8 Å². The molecule has 0 unspecified atom stereocenters. The summed E-state index contributed by atoms with van der Waals surface area (Å²) in [7, 11) is 3.51. The molecule has 2 aliphatic heterocycles. The molecule has 0 aromatic carbocycles. The number of carbonyl (C=O) groups is 2. The Morgan fingerprint density at radius 2 is 2.00 bits per heavy atom. The van der Waals surface area contributed by atoms with Gasteiger partial charge in [0.1, 0.15) is 9.88 Å². The number of methoxy groups -OCH3 is 1. The minimum absolute atomic E-state index is 0.0772. The Balaban J connectivity index is 1.54. The lowest BCUT2D eigenvalue weighted by atomic mass is 10.2. The maximum Gasteiger partial charge on any atom is 0.348 e. The molecular weight excluding hydrogens is 402 g/mol. The summed E-state index contributed by atoms with van der Waals surface area (Å²) in [6.45, 7) is 4.85. The molecule has 0 saturated carbocycles. The lowest BCUT2D eigenvalue weighted by Gasteiger charge is -2.33. The van der Waals surface area contributed by atoms with Gasteiger partial charge >= 0.3 is 5.97 Å². The number of ether oxygens (including phenoxy) is 1. The quantitative estimate of drug-likeness (QED) is 0.703. The Morgan fingerprint density at radius 1 is 1.22 bits per heavy atom. The molecule has 2 aliphatic rings. The molecule has 0 atom stereocenters. The lowest BCUT2D eigenvalue weighted by Crippen LogP contribution is -2.45. The zero-order valence-electron chi connectivity index (χ0n) is 15.3. The van der Waals surface area contributed by atoms with Crippen molar-refractivity contribution in [1.82, 2.24) is 9.80 Å². The van der Waals surface area contributed by atoms with Crippen molar-refractivity contribution in [3.05, 3.63) is 22.4 Å². The molecule has 1 saturated heterocycles. The minimum Gasteiger partial charge on any atom is -0.465 e. The maximum atomic E-state index is 13.2. The minimum atomic E-state index is -0.358. The molecule has 1 amide bonds. The van der Waals surface area contributed by atoms with Gasteiger partial charge < -0.3 is 14.5 Å². The van der Waals surface area contributed by atoms with Crippen LogP contribution in [0.25, 0.3) is 0 Å². The summed E-state index contributed by atoms with van der Waals surface area (Å²) in [6, 6.07) is 3.82. The van der Waals surface area contributed by atoms with E-state index in [0.29, 0.717) is 11.3 Å². The predicted octanol–water partition coefficient (Wildman–Crippen LogP) is 3.36. The van der Waals surface area contributed by atoms with Crippen LogP contribution in [0.1, 0.15) is 16.1 Å². The van der Waals surface area contributed by atoms with E-state index in [1.54, 1.807) is 34.1 Å². The summed E-state index contributed by atoms with van der Waals surface area (Å²) < 4.78 is 5.82. The van der Waals surface area contributed by atoms with Gasteiger partial charge in [0.2, 0.25) is 5.91 Å². The lowest BCUT2D eigenvalue weighted by molar-refractivity contribution is -0.118. The molecule has 0 bridgehead atoms. The van der Waals surface area contributed by atoms with Gasteiger partial charge in [0.25, 0.3) is 0 Å². The molecule has 144 valence electrons. The summed E-state index contributed by atoms with van der Waals surface area (Å²) in [4.78, 5) is 33.1. The van der Waals surface area contributed by atoms with Crippen molar-refractivity contribution in [3.8, 4) is 0 Å². The van der Waals surface area contributed by atoms with E-state index in [0.717, 1.165) is 52.5 Å². The van der Waals surface area contributed by atoms with Gasteiger partial charge in [0.15, 0.2) is 0 Å². The Morgan fingerprint density at radius 3 is 2.74 bits per heavy atom. The Labute approximate surface area is 170 Å². The molecule has 27 heavy (non-hydrogen) atoms. The molecule has 2 aromatic heterocycles. The highest BCUT2D eigenvalue weighted by Gasteiger charge is 2.32. The average Bonchev–Trinajstić information content (AvgIpc) is 3.31. The van der Waals surface area contributed by atoms with Crippen molar-refractivity contribution in [2.24, 2.45) is 0 Å². The standard InChI is InChI=1S/C18H21N3O3S3/c1-19-6-8-20(9-7-19)5-3-15(22)21-12-11-14(17(23)24-2)27-18(12)26-13-4-10-25-16(13)21/h4,10-11H,3,5-9H2,1-2H3. The van der Waals surface area contributed by atoms with Gasteiger partial charge in [0, 0.05) is 44.0 Å². The first-order valence-electron chi connectivity index (χ1n) is 8.78. The van der Waals surface area contributed by atoms with E-state index in [2.05, 4.69) is 16.8 Å². The van der Waals surface area contributed by atoms with Gasteiger partial charge in [0.05, 0.1) is 17.0 Å². The maximum absolute atomic E-state index is 13.2. The molecule has 1 fully saturated rings. The van der Waals surface area contributed by atoms with Crippen molar-refractivity contribution < 1.29 is 14.3 Å². The fraction of sp³-hybridized carbons (Fsp3) is 0.444. The number of rotatable bonds is 4. The van der Waals surface area contributed by atoms with Gasteiger partial charge in [-0.2, -0.15) is 0 Å². The van der Waals surface area contributed by atoms with Crippen LogP contribution < -0.4 is 4.90 Å². The van der Waals surface area contributed by atoms with E-state index >= 15 is 0 Å². The third-order valence-corrected chi connectivity index (χ3v) is 8.18. The van der Waals surface area contributed by atoms with Crippen LogP contribution >= 0.6 is 34.4 Å². The molecule has 0 aliphatic carbocycles. The summed E-state index contributed by atoms with van der Waals surface area (Å²) >= 11 is 4.57. The van der Waals surface area contributed by atoms with Crippen LogP contribution in [0.2, 0.25) is 0 Å². The van der Waals surface area contributed by atoms with Crippen molar-refractivity contribution in [1.29, 1.82) is 0 Å². The average molecular weight is 424 g/mol. The number of thiophene rings is 2.